The minimum Gasteiger partial charge on any atom is -0.484 e. The molecule has 0 unspecified atom stereocenters. The van der Waals surface area contributed by atoms with Crippen molar-refractivity contribution in [3.8, 4) is 5.75 Å². The maximum atomic E-state index is 12.3. The van der Waals surface area contributed by atoms with E-state index in [0.717, 1.165) is 28.6 Å². The Labute approximate surface area is 190 Å². The van der Waals surface area contributed by atoms with Crippen LogP contribution in [0.25, 0.3) is 0 Å². The third-order valence-corrected chi connectivity index (χ3v) is 4.88. The molecule has 0 saturated carbocycles. The molecule has 0 aliphatic rings. The summed E-state index contributed by atoms with van der Waals surface area (Å²) in [6.45, 7) is 7.69. The first-order valence-corrected chi connectivity index (χ1v) is 11.0. The van der Waals surface area contributed by atoms with Gasteiger partial charge in [0.2, 0.25) is 5.91 Å². The number of hydrogen-bond donors (Lipinski definition) is 1. The standard InChI is InChI=1S/C23H25N3O5S/c1-14(2)30-22(28)17-6-5-7-18(11-17)24-20(27)13-32-23-26-25-21(31-23)12-29-19-9-15(3)8-16(4)10-19/h5-11,14H,12-13H2,1-4H3,(H,24,27). The van der Waals surface area contributed by atoms with Gasteiger partial charge in [-0.05, 0) is 69.2 Å². The van der Waals surface area contributed by atoms with Crippen LogP contribution in [0.1, 0.15) is 41.2 Å². The number of aromatic nitrogens is 2. The smallest absolute Gasteiger partial charge is 0.338 e. The van der Waals surface area contributed by atoms with Gasteiger partial charge >= 0.3 is 5.97 Å². The van der Waals surface area contributed by atoms with Crippen LogP contribution in [-0.2, 0) is 16.1 Å². The molecule has 1 aromatic heterocycles. The van der Waals surface area contributed by atoms with Crippen LogP contribution in [0.2, 0.25) is 0 Å². The SMILES string of the molecule is Cc1cc(C)cc(OCc2nnc(SCC(=O)Nc3cccc(C(=O)OC(C)C)c3)o2)c1. The number of nitrogens with zero attached hydrogens (tertiary/aromatic N) is 2. The highest BCUT2D eigenvalue weighted by Gasteiger charge is 2.13. The van der Waals surface area contributed by atoms with E-state index in [1.165, 1.54) is 0 Å². The number of ether oxygens (including phenoxy) is 2. The summed E-state index contributed by atoms with van der Waals surface area (Å²) in [5.74, 6) is 0.417. The van der Waals surface area contributed by atoms with Crippen LogP contribution in [0.15, 0.2) is 52.1 Å². The highest BCUT2D eigenvalue weighted by molar-refractivity contribution is 7.99. The molecule has 168 valence electrons. The fraction of sp³-hybridized carbons (Fsp3) is 0.304. The second-order valence-corrected chi connectivity index (χ2v) is 8.37. The van der Waals surface area contributed by atoms with Gasteiger partial charge < -0.3 is 19.2 Å². The fourth-order valence-electron chi connectivity index (χ4n) is 2.85. The molecule has 0 radical (unpaired) electrons. The second kappa shape index (κ2) is 10.8. The number of aryl methyl sites for hydroxylation is 2. The van der Waals surface area contributed by atoms with Crippen LogP contribution in [-0.4, -0.2) is 33.9 Å². The molecule has 3 aromatic rings. The molecule has 1 N–H and O–H groups in total. The maximum absolute atomic E-state index is 12.3. The van der Waals surface area contributed by atoms with Crippen LogP contribution >= 0.6 is 11.8 Å². The van der Waals surface area contributed by atoms with Crippen LogP contribution in [0.3, 0.4) is 0 Å². The van der Waals surface area contributed by atoms with E-state index >= 15 is 0 Å². The van der Waals surface area contributed by atoms with Gasteiger partial charge in [-0.2, -0.15) is 0 Å². The van der Waals surface area contributed by atoms with E-state index in [-0.39, 0.29) is 29.6 Å². The summed E-state index contributed by atoms with van der Waals surface area (Å²) >= 11 is 1.11. The minimum absolute atomic E-state index is 0.0697. The lowest BCUT2D eigenvalue weighted by molar-refractivity contribution is -0.113. The number of amides is 1. The Kier molecular flexibility index (Phi) is 7.88. The van der Waals surface area contributed by atoms with Gasteiger partial charge in [-0.25, -0.2) is 4.79 Å². The first-order chi connectivity index (χ1) is 15.3. The predicted molar refractivity (Wildman–Crippen MR) is 121 cm³/mol. The van der Waals surface area contributed by atoms with Gasteiger partial charge in [-0.3, -0.25) is 4.79 Å². The number of hydrogen-bond acceptors (Lipinski definition) is 8. The molecule has 0 saturated heterocycles. The van der Waals surface area contributed by atoms with Crippen molar-refractivity contribution in [1.82, 2.24) is 10.2 Å². The molecule has 1 amide bonds. The summed E-state index contributed by atoms with van der Waals surface area (Å²) in [5.41, 5.74) is 3.08. The molecule has 2 aromatic carbocycles. The quantitative estimate of drug-likeness (QED) is 0.370. The van der Waals surface area contributed by atoms with Crippen LogP contribution < -0.4 is 10.1 Å². The monoisotopic (exact) mass is 455 g/mol. The van der Waals surface area contributed by atoms with Crippen molar-refractivity contribution in [2.24, 2.45) is 0 Å². The molecule has 0 bridgehead atoms. The average Bonchev–Trinajstić information content (AvgIpc) is 3.18. The lowest BCUT2D eigenvalue weighted by Crippen LogP contribution is -2.15. The zero-order valence-corrected chi connectivity index (χ0v) is 19.2. The fourth-order valence-corrected chi connectivity index (χ4v) is 3.43. The van der Waals surface area contributed by atoms with Crippen molar-refractivity contribution in [3.63, 3.8) is 0 Å². The Morgan fingerprint density at radius 3 is 2.56 bits per heavy atom. The molecule has 0 aliphatic carbocycles. The highest BCUT2D eigenvalue weighted by atomic mass is 32.2. The Morgan fingerprint density at radius 2 is 1.84 bits per heavy atom. The largest absolute Gasteiger partial charge is 0.484 e. The number of rotatable bonds is 9. The van der Waals surface area contributed by atoms with Crippen molar-refractivity contribution < 1.29 is 23.5 Å². The number of esters is 1. The first-order valence-electron chi connectivity index (χ1n) is 10.1. The number of anilines is 1. The van der Waals surface area contributed by atoms with Crippen molar-refractivity contribution in [1.29, 1.82) is 0 Å². The molecule has 3 rings (SSSR count). The van der Waals surface area contributed by atoms with Gasteiger partial charge in [0.25, 0.3) is 11.1 Å². The van der Waals surface area contributed by atoms with E-state index in [9.17, 15) is 9.59 Å². The van der Waals surface area contributed by atoms with Gasteiger partial charge in [-0.1, -0.05) is 23.9 Å². The summed E-state index contributed by atoms with van der Waals surface area (Å²) in [4.78, 5) is 24.3. The van der Waals surface area contributed by atoms with E-state index in [4.69, 9.17) is 13.9 Å². The third-order valence-electron chi connectivity index (χ3n) is 4.06. The van der Waals surface area contributed by atoms with E-state index < -0.39 is 5.97 Å². The first kappa shape index (κ1) is 23.3. The summed E-state index contributed by atoms with van der Waals surface area (Å²) < 4.78 is 16.4. The van der Waals surface area contributed by atoms with Gasteiger partial charge in [0.1, 0.15) is 5.75 Å². The molecule has 0 fully saturated rings. The Hall–Kier alpha value is -3.33. The topological polar surface area (TPSA) is 104 Å². The summed E-state index contributed by atoms with van der Waals surface area (Å²) in [6, 6.07) is 12.5. The second-order valence-electron chi connectivity index (χ2n) is 7.45. The molecule has 9 heteroatoms. The highest BCUT2D eigenvalue weighted by Crippen LogP contribution is 2.20. The van der Waals surface area contributed by atoms with E-state index in [2.05, 4.69) is 21.6 Å². The Morgan fingerprint density at radius 1 is 1.09 bits per heavy atom. The van der Waals surface area contributed by atoms with Gasteiger partial charge in [-0.15, -0.1) is 10.2 Å². The molecule has 0 aliphatic heterocycles. The predicted octanol–water partition coefficient (Wildman–Crippen LogP) is 4.56. The van der Waals surface area contributed by atoms with E-state index in [1.54, 1.807) is 38.1 Å². The van der Waals surface area contributed by atoms with Crippen LogP contribution in [0.5, 0.6) is 5.75 Å². The van der Waals surface area contributed by atoms with Crippen molar-refractivity contribution in [2.45, 2.75) is 45.6 Å². The summed E-state index contributed by atoms with van der Waals surface area (Å²) in [6.07, 6.45) is -0.220. The lowest BCUT2D eigenvalue weighted by Gasteiger charge is -2.09. The number of benzene rings is 2. The normalized spacial score (nSPS) is 10.8. The Balaban J connectivity index is 1.48. The molecular weight excluding hydrogens is 430 g/mol. The van der Waals surface area contributed by atoms with E-state index in [1.807, 2.05) is 26.0 Å². The number of carbonyl (C=O) groups is 2. The lowest BCUT2D eigenvalue weighted by atomic mass is 10.1. The minimum atomic E-state index is -0.438. The molecule has 8 nitrogen and oxygen atoms in total. The number of nitrogens with one attached hydrogen (secondary N) is 1. The van der Waals surface area contributed by atoms with Crippen LogP contribution in [0.4, 0.5) is 5.69 Å². The van der Waals surface area contributed by atoms with Gasteiger partial charge in [0.15, 0.2) is 6.61 Å². The number of thioether (sulfide) groups is 1. The number of carbonyl (C=O) groups excluding carboxylic acids is 2. The van der Waals surface area contributed by atoms with Gasteiger partial charge in [0.05, 0.1) is 17.4 Å². The van der Waals surface area contributed by atoms with Gasteiger partial charge in [0, 0.05) is 5.69 Å². The van der Waals surface area contributed by atoms with Crippen molar-refractivity contribution >= 4 is 29.3 Å². The summed E-state index contributed by atoms with van der Waals surface area (Å²) in [5, 5.41) is 10.9. The third kappa shape index (κ3) is 7.12. The van der Waals surface area contributed by atoms with Crippen molar-refractivity contribution in [3.05, 3.63) is 65.0 Å². The summed E-state index contributed by atoms with van der Waals surface area (Å²) in [7, 11) is 0. The molecule has 0 atom stereocenters. The molecule has 0 spiro atoms. The molecule has 1 heterocycles. The van der Waals surface area contributed by atoms with Crippen LogP contribution in [0, 0.1) is 13.8 Å². The maximum Gasteiger partial charge on any atom is 0.338 e. The average molecular weight is 456 g/mol. The van der Waals surface area contributed by atoms with Crippen molar-refractivity contribution in [2.75, 3.05) is 11.1 Å². The Bertz CT molecular complexity index is 1080. The zero-order chi connectivity index (χ0) is 23.1. The molecule has 32 heavy (non-hydrogen) atoms. The zero-order valence-electron chi connectivity index (χ0n) is 18.4. The molecular formula is C23H25N3O5S. The van der Waals surface area contributed by atoms with E-state index in [0.29, 0.717) is 17.1 Å².